The topological polar surface area (TPSA) is 62.4 Å². The number of hydrogen-bond acceptors (Lipinski definition) is 3. The standard InChI is InChI=1S/C22H26N2O3/c1-14(2)27-22(26)19-15(3)20(23-16(19)4)21(25)24-12-10-18(11-13-24)17-8-6-5-7-9-17/h5-10,14,23H,11-13H2,1-4H3. The smallest absolute Gasteiger partial charge is 0.340 e. The van der Waals surface area contributed by atoms with Crippen LogP contribution in [0.1, 0.15) is 57.9 Å². The number of nitrogens with zero attached hydrogens (tertiary/aromatic N) is 1. The number of aryl methyl sites for hydroxylation is 1. The van der Waals surface area contributed by atoms with Crippen LogP contribution < -0.4 is 0 Å². The van der Waals surface area contributed by atoms with Crippen molar-refractivity contribution in [3.05, 3.63) is 64.5 Å². The van der Waals surface area contributed by atoms with Gasteiger partial charge < -0.3 is 14.6 Å². The number of nitrogens with one attached hydrogen (secondary N) is 1. The largest absolute Gasteiger partial charge is 0.459 e. The number of aromatic amines is 1. The van der Waals surface area contributed by atoms with E-state index in [-0.39, 0.29) is 18.0 Å². The van der Waals surface area contributed by atoms with Gasteiger partial charge in [-0.2, -0.15) is 0 Å². The van der Waals surface area contributed by atoms with E-state index in [1.54, 1.807) is 13.8 Å². The van der Waals surface area contributed by atoms with Gasteiger partial charge >= 0.3 is 5.97 Å². The summed E-state index contributed by atoms with van der Waals surface area (Å²) in [6.45, 7) is 8.43. The fraction of sp³-hybridized carbons (Fsp3) is 0.364. The molecule has 3 rings (SSSR count). The third kappa shape index (κ3) is 3.97. The first-order valence-corrected chi connectivity index (χ1v) is 9.32. The van der Waals surface area contributed by atoms with Crippen LogP contribution in [-0.4, -0.2) is 41.0 Å². The van der Waals surface area contributed by atoms with Gasteiger partial charge in [-0.15, -0.1) is 0 Å². The molecule has 2 aromatic rings. The fourth-order valence-electron chi connectivity index (χ4n) is 3.47. The molecule has 0 saturated carbocycles. The third-order valence-electron chi connectivity index (χ3n) is 4.84. The van der Waals surface area contributed by atoms with Crippen molar-refractivity contribution >= 4 is 17.4 Å². The van der Waals surface area contributed by atoms with Gasteiger partial charge in [0.25, 0.3) is 5.91 Å². The van der Waals surface area contributed by atoms with Crippen molar-refractivity contribution in [2.45, 2.75) is 40.2 Å². The average molecular weight is 366 g/mol. The lowest BCUT2D eigenvalue weighted by Crippen LogP contribution is -2.35. The first kappa shape index (κ1) is 19.0. The minimum absolute atomic E-state index is 0.0810. The molecule has 1 N–H and O–H groups in total. The number of benzene rings is 1. The highest BCUT2D eigenvalue weighted by molar-refractivity contribution is 6.00. The Labute approximate surface area is 160 Å². The lowest BCUT2D eigenvalue weighted by Gasteiger charge is -2.26. The highest BCUT2D eigenvalue weighted by Gasteiger charge is 2.27. The van der Waals surface area contributed by atoms with Crippen LogP contribution >= 0.6 is 0 Å². The molecule has 1 aliphatic heterocycles. The molecule has 0 unspecified atom stereocenters. The van der Waals surface area contributed by atoms with Gasteiger partial charge in [0.15, 0.2) is 0 Å². The van der Waals surface area contributed by atoms with Crippen LogP contribution in [0.25, 0.3) is 5.57 Å². The third-order valence-corrected chi connectivity index (χ3v) is 4.84. The molecule has 5 nitrogen and oxygen atoms in total. The van der Waals surface area contributed by atoms with E-state index < -0.39 is 0 Å². The summed E-state index contributed by atoms with van der Waals surface area (Å²) in [5.74, 6) is -0.470. The highest BCUT2D eigenvalue weighted by atomic mass is 16.5. The maximum atomic E-state index is 13.0. The molecule has 142 valence electrons. The van der Waals surface area contributed by atoms with Crippen molar-refractivity contribution in [3.8, 4) is 0 Å². The van der Waals surface area contributed by atoms with Crippen molar-refractivity contribution in [2.75, 3.05) is 13.1 Å². The summed E-state index contributed by atoms with van der Waals surface area (Å²) >= 11 is 0. The maximum Gasteiger partial charge on any atom is 0.340 e. The lowest BCUT2D eigenvalue weighted by molar-refractivity contribution is 0.0376. The number of H-pyrrole nitrogens is 1. The summed E-state index contributed by atoms with van der Waals surface area (Å²) < 4.78 is 5.31. The zero-order chi connectivity index (χ0) is 19.6. The van der Waals surface area contributed by atoms with Gasteiger partial charge in [0.05, 0.1) is 11.7 Å². The second-order valence-electron chi connectivity index (χ2n) is 7.18. The fourth-order valence-corrected chi connectivity index (χ4v) is 3.47. The summed E-state index contributed by atoms with van der Waals surface area (Å²) in [4.78, 5) is 30.2. The molecular weight excluding hydrogens is 340 g/mol. The van der Waals surface area contributed by atoms with Gasteiger partial charge in [-0.05, 0) is 50.8 Å². The molecule has 0 fully saturated rings. The summed E-state index contributed by atoms with van der Waals surface area (Å²) in [7, 11) is 0. The Morgan fingerprint density at radius 2 is 1.85 bits per heavy atom. The van der Waals surface area contributed by atoms with E-state index in [0.29, 0.717) is 35.6 Å². The van der Waals surface area contributed by atoms with Gasteiger partial charge in [0, 0.05) is 18.8 Å². The van der Waals surface area contributed by atoms with Crippen molar-refractivity contribution in [2.24, 2.45) is 0 Å². The number of aromatic nitrogens is 1. The van der Waals surface area contributed by atoms with E-state index in [4.69, 9.17) is 4.74 Å². The Hall–Kier alpha value is -2.82. The molecule has 5 heteroatoms. The minimum Gasteiger partial charge on any atom is -0.459 e. The van der Waals surface area contributed by atoms with Gasteiger partial charge in [0.1, 0.15) is 5.69 Å². The number of esters is 1. The predicted octanol–water partition coefficient (Wildman–Crippen LogP) is 4.13. The summed E-state index contributed by atoms with van der Waals surface area (Å²) in [6.07, 6.45) is 2.72. The van der Waals surface area contributed by atoms with E-state index in [1.165, 1.54) is 11.1 Å². The second kappa shape index (κ2) is 7.82. The van der Waals surface area contributed by atoms with Crippen LogP contribution in [0.3, 0.4) is 0 Å². The zero-order valence-electron chi connectivity index (χ0n) is 16.3. The normalized spacial score (nSPS) is 14.3. The molecule has 0 bridgehead atoms. The van der Waals surface area contributed by atoms with Gasteiger partial charge in [-0.1, -0.05) is 36.4 Å². The number of carbonyl (C=O) groups excluding carboxylic acids is 2. The van der Waals surface area contributed by atoms with E-state index >= 15 is 0 Å². The summed E-state index contributed by atoms with van der Waals surface area (Å²) in [5, 5.41) is 0. The van der Waals surface area contributed by atoms with Crippen molar-refractivity contribution in [1.29, 1.82) is 0 Å². The average Bonchev–Trinajstić information content (AvgIpc) is 2.95. The Morgan fingerprint density at radius 1 is 1.15 bits per heavy atom. The zero-order valence-corrected chi connectivity index (χ0v) is 16.3. The van der Waals surface area contributed by atoms with Crippen LogP contribution in [-0.2, 0) is 4.74 Å². The van der Waals surface area contributed by atoms with Crippen LogP contribution in [0.15, 0.2) is 36.4 Å². The second-order valence-corrected chi connectivity index (χ2v) is 7.18. The molecular formula is C22H26N2O3. The molecule has 0 spiro atoms. The van der Waals surface area contributed by atoms with Crippen LogP contribution in [0.2, 0.25) is 0 Å². The SMILES string of the molecule is Cc1[nH]c(C(=O)N2CC=C(c3ccccc3)CC2)c(C)c1C(=O)OC(C)C. The number of hydrogen-bond donors (Lipinski definition) is 1. The summed E-state index contributed by atoms with van der Waals surface area (Å²) in [5.41, 5.74) is 4.72. The molecule has 1 aliphatic rings. The van der Waals surface area contributed by atoms with Gasteiger partial charge in [-0.25, -0.2) is 4.79 Å². The Morgan fingerprint density at radius 3 is 2.44 bits per heavy atom. The number of ether oxygens (including phenoxy) is 1. The van der Waals surface area contributed by atoms with Gasteiger partial charge in [0.2, 0.25) is 0 Å². The Bertz CT molecular complexity index is 878. The van der Waals surface area contributed by atoms with Crippen molar-refractivity contribution in [1.82, 2.24) is 9.88 Å². The molecule has 27 heavy (non-hydrogen) atoms. The Kier molecular flexibility index (Phi) is 5.49. The van der Waals surface area contributed by atoms with E-state index in [2.05, 4.69) is 23.2 Å². The van der Waals surface area contributed by atoms with Crippen molar-refractivity contribution < 1.29 is 14.3 Å². The molecule has 0 saturated heterocycles. The molecule has 0 atom stereocenters. The Balaban J connectivity index is 1.78. The first-order chi connectivity index (χ1) is 12.9. The number of amides is 1. The van der Waals surface area contributed by atoms with E-state index in [0.717, 1.165) is 6.42 Å². The predicted molar refractivity (Wildman–Crippen MR) is 106 cm³/mol. The maximum absolute atomic E-state index is 13.0. The van der Waals surface area contributed by atoms with Crippen LogP contribution in [0.4, 0.5) is 0 Å². The van der Waals surface area contributed by atoms with Crippen LogP contribution in [0.5, 0.6) is 0 Å². The van der Waals surface area contributed by atoms with Gasteiger partial charge in [-0.3, -0.25) is 4.79 Å². The molecule has 1 aromatic carbocycles. The molecule has 2 heterocycles. The van der Waals surface area contributed by atoms with E-state index in [1.807, 2.05) is 36.9 Å². The molecule has 0 aliphatic carbocycles. The highest BCUT2D eigenvalue weighted by Crippen LogP contribution is 2.25. The summed E-state index contributed by atoms with van der Waals surface area (Å²) in [6, 6.07) is 10.2. The lowest BCUT2D eigenvalue weighted by atomic mass is 9.99. The quantitative estimate of drug-likeness (QED) is 0.828. The molecule has 1 amide bonds. The first-order valence-electron chi connectivity index (χ1n) is 9.32. The minimum atomic E-state index is -0.389. The van der Waals surface area contributed by atoms with Crippen LogP contribution in [0, 0.1) is 13.8 Å². The molecule has 0 radical (unpaired) electrons. The number of carbonyl (C=O) groups is 2. The van der Waals surface area contributed by atoms with E-state index in [9.17, 15) is 9.59 Å². The monoisotopic (exact) mass is 366 g/mol. The molecule has 1 aromatic heterocycles. The van der Waals surface area contributed by atoms with Crippen molar-refractivity contribution in [3.63, 3.8) is 0 Å². The number of rotatable bonds is 4.